The summed E-state index contributed by atoms with van der Waals surface area (Å²) in [6.07, 6.45) is 1.39. The van der Waals surface area contributed by atoms with Crippen molar-refractivity contribution < 1.29 is 14.3 Å². The standard InChI is InChI=1S/C24H31N3O3/c1-25(2)21-11-9-19(10-12-21)17-26(3)24(29)20-13-15-27(16-14-20)23(28)18-30-22-7-5-4-6-8-22/h4-12,20H,13-18H2,1-3H3. The molecule has 0 unspecified atom stereocenters. The molecule has 0 aliphatic carbocycles. The third-order valence-electron chi connectivity index (χ3n) is 5.55. The number of carbonyl (C=O) groups is 2. The first-order valence-electron chi connectivity index (χ1n) is 10.4. The molecule has 0 saturated carbocycles. The molecule has 30 heavy (non-hydrogen) atoms. The normalized spacial score (nSPS) is 14.3. The van der Waals surface area contributed by atoms with Crippen LogP contribution < -0.4 is 9.64 Å². The molecule has 6 nitrogen and oxygen atoms in total. The molecule has 2 aromatic carbocycles. The van der Waals surface area contributed by atoms with Gasteiger partial charge < -0.3 is 19.4 Å². The molecule has 0 aromatic heterocycles. The van der Waals surface area contributed by atoms with Gasteiger partial charge in [-0.05, 0) is 42.7 Å². The second-order valence-corrected chi connectivity index (χ2v) is 8.01. The molecule has 0 radical (unpaired) electrons. The number of anilines is 1. The van der Waals surface area contributed by atoms with E-state index in [0.29, 0.717) is 38.2 Å². The van der Waals surface area contributed by atoms with Gasteiger partial charge in [-0.25, -0.2) is 0 Å². The number of nitrogens with zero attached hydrogens (tertiary/aromatic N) is 3. The third kappa shape index (κ3) is 5.75. The number of para-hydroxylation sites is 1. The number of piperidine rings is 1. The molecule has 0 bridgehead atoms. The van der Waals surface area contributed by atoms with Crippen LogP contribution in [0.4, 0.5) is 5.69 Å². The minimum Gasteiger partial charge on any atom is -0.484 e. The molecule has 6 heteroatoms. The van der Waals surface area contributed by atoms with Crippen molar-refractivity contribution in [1.29, 1.82) is 0 Å². The van der Waals surface area contributed by atoms with E-state index in [-0.39, 0.29) is 24.3 Å². The Bertz CT molecular complexity index is 829. The summed E-state index contributed by atoms with van der Waals surface area (Å²) in [6.45, 7) is 1.82. The van der Waals surface area contributed by atoms with Gasteiger partial charge in [-0.2, -0.15) is 0 Å². The van der Waals surface area contributed by atoms with Crippen LogP contribution in [0.3, 0.4) is 0 Å². The Morgan fingerprint density at radius 1 is 0.967 bits per heavy atom. The topological polar surface area (TPSA) is 53.1 Å². The van der Waals surface area contributed by atoms with Crippen LogP contribution in [0.1, 0.15) is 18.4 Å². The molecule has 160 valence electrons. The van der Waals surface area contributed by atoms with E-state index in [1.165, 1.54) is 0 Å². The molecule has 2 aromatic rings. The van der Waals surface area contributed by atoms with Gasteiger partial charge in [0.15, 0.2) is 6.61 Å². The molecule has 0 N–H and O–H groups in total. The summed E-state index contributed by atoms with van der Waals surface area (Å²) in [4.78, 5) is 30.9. The first kappa shape index (κ1) is 21.7. The highest BCUT2D eigenvalue weighted by Crippen LogP contribution is 2.21. The van der Waals surface area contributed by atoms with Crippen LogP contribution in [-0.2, 0) is 16.1 Å². The summed E-state index contributed by atoms with van der Waals surface area (Å²) in [5.41, 5.74) is 2.25. The zero-order valence-corrected chi connectivity index (χ0v) is 18.1. The number of ether oxygens (including phenoxy) is 1. The van der Waals surface area contributed by atoms with E-state index in [9.17, 15) is 9.59 Å². The average molecular weight is 410 g/mol. The zero-order chi connectivity index (χ0) is 21.5. The Kier molecular flexibility index (Phi) is 7.33. The fraction of sp³-hybridized carbons (Fsp3) is 0.417. The monoisotopic (exact) mass is 409 g/mol. The number of amides is 2. The van der Waals surface area contributed by atoms with Gasteiger partial charge in [-0.1, -0.05) is 30.3 Å². The quantitative estimate of drug-likeness (QED) is 0.705. The van der Waals surface area contributed by atoms with E-state index < -0.39 is 0 Å². The molecule has 1 fully saturated rings. The van der Waals surface area contributed by atoms with E-state index >= 15 is 0 Å². The Balaban J connectivity index is 1.44. The Labute approximate surface area is 179 Å². The van der Waals surface area contributed by atoms with Gasteiger partial charge in [0.2, 0.25) is 5.91 Å². The minimum absolute atomic E-state index is 0.0286. The lowest BCUT2D eigenvalue weighted by Gasteiger charge is -2.33. The SMILES string of the molecule is CN(Cc1ccc(N(C)C)cc1)C(=O)C1CCN(C(=O)COc2ccccc2)CC1. The van der Waals surface area contributed by atoms with Crippen molar-refractivity contribution in [1.82, 2.24) is 9.80 Å². The average Bonchev–Trinajstić information content (AvgIpc) is 2.78. The van der Waals surface area contributed by atoms with Crippen molar-refractivity contribution >= 4 is 17.5 Å². The minimum atomic E-state index is -0.0323. The van der Waals surface area contributed by atoms with Crippen LogP contribution in [0.5, 0.6) is 5.75 Å². The van der Waals surface area contributed by atoms with Crippen molar-refractivity contribution in [3.05, 3.63) is 60.2 Å². The summed E-state index contributed by atoms with van der Waals surface area (Å²) in [5, 5.41) is 0. The third-order valence-corrected chi connectivity index (χ3v) is 5.55. The highest BCUT2D eigenvalue weighted by atomic mass is 16.5. The first-order chi connectivity index (χ1) is 14.4. The second kappa shape index (κ2) is 10.1. The summed E-state index contributed by atoms with van der Waals surface area (Å²) in [5.74, 6) is 0.782. The smallest absolute Gasteiger partial charge is 0.260 e. The number of likely N-dealkylation sites (tertiary alicyclic amines) is 1. The van der Waals surface area contributed by atoms with Crippen LogP contribution >= 0.6 is 0 Å². The highest BCUT2D eigenvalue weighted by molar-refractivity contribution is 5.80. The fourth-order valence-corrected chi connectivity index (χ4v) is 3.69. The zero-order valence-electron chi connectivity index (χ0n) is 18.1. The maximum absolute atomic E-state index is 12.9. The van der Waals surface area contributed by atoms with Crippen LogP contribution in [0, 0.1) is 5.92 Å². The molecular weight excluding hydrogens is 378 g/mol. The lowest BCUT2D eigenvalue weighted by Crippen LogP contribution is -2.44. The van der Waals surface area contributed by atoms with Gasteiger partial charge in [0.1, 0.15) is 5.75 Å². The number of hydrogen-bond donors (Lipinski definition) is 0. The van der Waals surface area contributed by atoms with Crippen LogP contribution in [0.25, 0.3) is 0 Å². The number of hydrogen-bond acceptors (Lipinski definition) is 4. The molecule has 1 aliphatic heterocycles. The van der Waals surface area contributed by atoms with E-state index in [1.807, 2.05) is 51.5 Å². The number of carbonyl (C=O) groups excluding carboxylic acids is 2. The summed E-state index contributed by atoms with van der Waals surface area (Å²) in [7, 11) is 5.87. The van der Waals surface area contributed by atoms with E-state index in [2.05, 4.69) is 29.2 Å². The first-order valence-corrected chi connectivity index (χ1v) is 10.4. The Morgan fingerprint density at radius 3 is 2.20 bits per heavy atom. The van der Waals surface area contributed by atoms with E-state index in [0.717, 1.165) is 11.3 Å². The molecule has 2 amide bonds. The van der Waals surface area contributed by atoms with E-state index in [1.54, 1.807) is 9.80 Å². The van der Waals surface area contributed by atoms with Crippen molar-refractivity contribution in [2.24, 2.45) is 5.92 Å². The number of benzene rings is 2. The Hall–Kier alpha value is -3.02. The highest BCUT2D eigenvalue weighted by Gasteiger charge is 2.29. The molecule has 3 rings (SSSR count). The molecule has 1 heterocycles. The van der Waals surface area contributed by atoms with Crippen molar-refractivity contribution in [3.63, 3.8) is 0 Å². The van der Waals surface area contributed by atoms with Crippen LogP contribution in [0.2, 0.25) is 0 Å². The van der Waals surface area contributed by atoms with Crippen molar-refractivity contribution in [3.8, 4) is 5.75 Å². The van der Waals surface area contributed by atoms with Gasteiger partial charge in [0, 0.05) is 52.4 Å². The van der Waals surface area contributed by atoms with E-state index in [4.69, 9.17) is 4.74 Å². The van der Waals surface area contributed by atoms with Gasteiger partial charge in [0.25, 0.3) is 5.91 Å². The summed E-state index contributed by atoms with van der Waals surface area (Å²) in [6, 6.07) is 17.6. The maximum Gasteiger partial charge on any atom is 0.260 e. The van der Waals surface area contributed by atoms with Crippen LogP contribution in [0.15, 0.2) is 54.6 Å². The molecule has 0 atom stereocenters. The predicted octanol–water partition coefficient (Wildman–Crippen LogP) is 3.03. The largest absolute Gasteiger partial charge is 0.484 e. The van der Waals surface area contributed by atoms with Crippen molar-refractivity contribution in [2.45, 2.75) is 19.4 Å². The maximum atomic E-state index is 12.9. The Morgan fingerprint density at radius 2 is 1.60 bits per heavy atom. The molecule has 0 spiro atoms. The summed E-state index contributed by atoms with van der Waals surface area (Å²) < 4.78 is 5.55. The second-order valence-electron chi connectivity index (χ2n) is 8.01. The van der Waals surface area contributed by atoms with Gasteiger partial charge in [0.05, 0.1) is 0 Å². The predicted molar refractivity (Wildman–Crippen MR) is 118 cm³/mol. The van der Waals surface area contributed by atoms with Gasteiger partial charge in [-0.3, -0.25) is 9.59 Å². The molecule has 1 aliphatic rings. The lowest BCUT2D eigenvalue weighted by atomic mass is 9.95. The van der Waals surface area contributed by atoms with Crippen molar-refractivity contribution in [2.75, 3.05) is 45.7 Å². The number of rotatable bonds is 7. The fourth-order valence-electron chi connectivity index (χ4n) is 3.69. The van der Waals surface area contributed by atoms with Gasteiger partial charge >= 0.3 is 0 Å². The molecule has 1 saturated heterocycles. The van der Waals surface area contributed by atoms with Gasteiger partial charge in [-0.15, -0.1) is 0 Å². The lowest BCUT2D eigenvalue weighted by molar-refractivity contribution is -0.141. The molecular formula is C24H31N3O3. The summed E-state index contributed by atoms with van der Waals surface area (Å²) >= 11 is 0. The van der Waals surface area contributed by atoms with Crippen LogP contribution in [-0.4, -0.2) is 62.5 Å².